The average Bonchev–Trinajstić information content (AvgIpc) is 2.01. The molecule has 0 aliphatic heterocycles. The lowest BCUT2D eigenvalue weighted by molar-refractivity contribution is 0.720. The van der Waals surface area contributed by atoms with Crippen LogP contribution in [-0.4, -0.2) is 0 Å². The number of rotatable bonds is 6. The van der Waals surface area contributed by atoms with Gasteiger partial charge >= 0.3 is 0 Å². The van der Waals surface area contributed by atoms with E-state index in [1.165, 1.54) is 24.8 Å². The van der Waals surface area contributed by atoms with E-state index >= 15 is 0 Å². The summed E-state index contributed by atoms with van der Waals surface area (Å²) in [6, 6.07) is 0. The van der Waals surface area contributed by atoms with Gasteiger partial charge in [-0.05, 0) is 19.8 Å². The van der Waals surface area contributed by atoms with Crippen LogP contribution in [0.2, 0.25) is 0 Å². The van der Waals surface area contributed by atoms with Gasteiger partial charge in [0, 0.05) is 0 Å². The van der Waals surface area contributed by atoms with Crippen LogP contribution in [0.3, 0.4) is 0 Å². The Balaban J connectivity index is 3.53. The lowest BCUT2D eigenvalue weighted by Gasteiger charge is -1.98. The first-order valence-electron chi connectivity index (χ1n) is 4.68. The van der Waals surface area contributed by atoms with E-state index in [0.29, 0.717) is 0 Å². The van der Waals surface area contributed by atoms with Crippen molar-refractivity contribution in [3.05, 3.63) is 36.5 Å². The molecule has 0 N–H and O–H groups in total. The highest BCUT2D eigenvalue weighted by Gasteiger charge is 1.88. The van der Waals surface area contributed by atoms with E-state index in [4.69, 9.17) is 0 Å². The van der Waals surface area contributed by atoms with Crippen LogP contribution in [0.25, 0.3) is 0 Å². The van der Waals surface area contributed by atoms with Crippen molar-refractivity contribution in [1.82, 2.24) is 0 Å². The van der Waals surface area contributed by atoms with E-state index < -0.39 is 0 Å². The van der Waals surface area contributed by atoms with Gasteiger partial charge in [-0.25, -0.2) is 0 Å². The van der Waals surface area contributed by atoms with Gasteiger partial charge in [-0.15, -0.1) is 0 Å². The van der Waals surface area contributed by atoms with Crippen LogP contribution in [0, 0.1) is 0 Å². The highest BCUT2D eigenvalue weighted by molar-refractivity contribution is 5.22. The first-order valence-corrected chi connectivity index (χ1v) is 4.68. The SMILES string of the molecule is C=C(C)/C=C\C(=C)CCCCC. The first kappa shape index (κ1) is 11.2. The minimum absolute atomic E-state index is 1.09. The molecular weight excluding hydrogens is 144 g/mol. The molecule has 0 rings (SSSR count). The first-order chi connectivity index (χ1) is 5.66. The Hall–Kier alpha value is -0.780. The Morgan fingerprint density at radius 1 is 1.17 bits per heavy atom. The van der Waals surface area contributed by atoms with E-state index in [1.807, 2.05) is 13.0 Å². The van der Waals surface area contributed by atoms with Crippen molar-refractivity contribution < 1.29 is 0 Å². The molecule has 0 saturated heterocycles. The number of hydrogen-bond donors (Lipinski definition) is 0. The summed E-state index contributed by atoms with van der Waals surface area (Å²) in [5.41, 5.74) is 2.30. The second-order valence-electron chi connectivity index (χ2n) is 3.30. The molecule has 0 atom stereocenters. The van der Waals surface area contributed by atoms with Crippen LogP contribution >= 0.6 is 0 Å². The molecule has 0 saturated carbocycles. The van der Waals surface area contributed by atoms with Crippen molar-refractivity contribution in [1.29, 1.82) is 0 Å². The third kappa shape index (κ3) is 7.33. The molecule has 0 nitrogen and oxygen atoms in total. The minimum atomic E-state index is 1.09. The quantitative estimate of drug-likeness (QED) is 0.406. The maximum Gasteiger partial charge on any atom is -0.0285 e. The van der Waals surface area contributed by atoms with E-state index in [0.717, 1.165) is 12.0 Å². The lowest BCUT2D eigenvalue weighted by atomic mass is 10.1. The smallest absolute Gasteiger partial charge is 0.0285 e. The normalized spacial score (nSPS) is 10.5. The molecule has 0 unspecified atom stereocenters. The van der Waals surface area contributed by atoms with Crippen molar-refractivity contribution in [3.8, 4) is 0 Å². The predicted octanol–water partition coefficient (Wildman–Crippen LogP) is 4.26. The third-order valence-corrected chi connectivity index (χ3v) is 1.70. The van der Waals surface area contributed by atoms with E-state index in [1.54, 1.807) is 0 Å². The Morgan fingerprint density at radius 2 is 1.83 bits per heavy atom. The van der Waals surface area contributed by atoms with Crippen LogP contribution < -0.4 is 0 Å². The molecule has 0 bridgehead atoms. The molecule has 12 heavy (non-hydrogen) atoms. The van der Waals surface area contributed by atoms with E-state index in [2.05, 4.69) is 26.2 Å². The Morgan fingerprint density at radius 3 is 2.33 bits per heavy atom. The van der Waals surface area contributed by atoms with E-state index in [9.17, 15) is 0 Å². The number of hydrogen-bond acceptors (Lipinski definition) is 0. The van der Waals surface area contributed by atoms with Gasteiger partial charge in [-0.2, -0.15) is 0 Å². The second-order valence-corrected chi connectivity index (χ2v) is 3.30. The Labute approximate surface area is 76.7 Å². The van der Waals surface area contributed by atoms with Crippen molar-refractivity contribution in [2.45, 2.75) is 39.5 Å². The molecule has 0 aliphatic rings. The summed E-state index contributed by atoms with van der Waals surface area (Å²) in [4.78, 5) is 0. The monoisotopic (exact) mass is 164 g/mol. The summed E-state index contributed by atoms with van der Waals surface area (Å²) in [5.74, 6) is 0. The third-order valence-electron chi connectivity index (χ3n) is 1.70. The van der Waals surface area contributed by atoms with Crippen LogP contribution in [0.15, 0.2) is 36.5 Å². The summed E-state index contributed by atoms with van der Waals surface area (Å²) in [7, 11) is 0. The second kappa shape index (κ2) is 6.90. The molecule has 0 spiro atoms. The fourth-order valence-corrected chi connectivity index (χ4v) is 0.946. The van der Waals surface area contributed by atoms with Crippen molar-refractivity contribution in [2.24, 2.45) is 0 Å². The van der Waals surface area contributed by atoms with Gasteiger partial charge in [0.05, 0.1) is 0 Å². The van der Waals surface area contributed by atoms with Crippen molar-refractivity contribution in [2.75, 3.05) is 0 Å². The summed E-state index contributed by atoms with van der Waals surface area (Å²) < 4.78 is 0. The number of allylic oxidation sites excluding steroid dienone is 4. The standard InChI is InChI=1S/C12H20/c1-5-6-7-8-12(4)10-9-11(2)3/h9-10H,2,4-8H2,1,3H3/b10-9-. The summed E-state index contributed by atoms with van der Waals surface area (Å²) >= 11 is 0. The summed E-state index contributed by atoms with van der Waals surface area (Å²) in [5, 5.41) is 0. The van der Waals surface area contributed by atoms with Crippen LogP contribution in [0.5, 0.6) is 0 Å². The zero-order valence-corrected chi connectivity index (χ0v) is 8.40. The minimum Gasteiger partial charge on any atom is -0.0961 e. The average molecular weight is 164 g/mol. The van der Waals surface area contributed by atoms with Crippen molar-refractivity contribution >= 4 is 0 Å². The van der Waals surface area contributed by atoms with Gasteiger partial charge in [-0.3, -0.25) is 0 Å². The molecule has 68 valence electrons. The predicted molar refractivity (Wildman–Crippen MR) is 57.2 cm³/mol. The summed E-state index contributed by atoms with van der Waals surface area (Å²) in [6.07, 6.45) is 9.05. The Bertz CT molecular complexity index is 172. The molecule has 0 aromatic heterocycles. The van der Waals surface area contributed by atoms with Crippen LogP contribution in [-0.2, 0) is 0 Å². The van der Waals surface area contributed by atoms with Crippen LogP contribution in [0.1, 0.15) is 39.5 Å². The lowest BCUT2D eigenvalue weighted by Crippen LogP contribution is -1.78. The molecule has 0 heterocycles. The largest absolute Gasteiger partial charge is 0.0961 e. The van der Waals surface area contributed by atoms with E-state index in [-0.39, 0.29) is 0 Å². The molecule has 0 aromatic rings. The molecule has 0 radical (unpaired) electrons. The molecule has 0 amide bonds. The van der Waals surface area contributed by atoms with Gasteiger partial charge in [0.25, 0.3) is 0 Å². The summed E-state index contributed by atoms with van der Waals surface area (Å²) in [6.45, 7) is 12.0. The van der Waals surface area contributed by atoms with Gasteiger partial charge in [0.15, 0.2) is 0 Å². The van der Waals surface area contributed by atoms with Crippen molar-refractivity contribution in [3.63, 3.8) is 0 Å². The fraction of sp³-hybridized carbons (Fsp3) is 0.500. The maximum atomic E-state index is 3.97. The topological polar surface area (TPSA) is 0 Å². The zero-order chi connectivity index (χ0) is 9.40. The molecule has 0 aromatic carbocycles. The molecule has 0 aliphatic carbocycles. The molecule has 0 fully saturated rings. The Kier molecular flexibility index (Phi) is 6.45. The van der Waals surface area contributed by atoms with Gasteiger partial charge in [-0.1, -0.05) is 56.2 Å². The zero-order valence-electron chi connectivity index (χ0n) is 8.40. The highest BCUT2D eigenvalue weighted by Crippen LogP contribution is 2.08. The van der Waals surface area contributed by atoms with Gasteiger partial charge < -0.3 is 0 Å². The number of unbranched alkanes of at least 4 members (excludes halogenated alkanes) is 2. The fourth-order valence-electron chi connectivity index (χ4n) is 0.946. The highest BCUT2D eigenvalue weighted by atomic mass is 13.9. The van der Waals surface area contributed by atoms with Crippen LogP contribution in [0.4, 0.5) is 0 Å². The molecular formula is C12H20. The van der Waals surface area contributed by atoms with Gasteiger partial charge in [0.1, 0.15) is 0 Å². The maximum absolute atomic E-state index is 3.97. The van der Waals surface area contributed by atoms with Gasteiger partial charge in [0.2, 0.25) is 0 Å². The molecule has 0 heteroatoms.